The summed E-state index contributed by atoms with van der Waals surface area (Å²) >= 11 is 1.30. The van der Waals surface area contributed by atoms with Crippen LogP contribution in [-0.2, 0) is 4.79 Å². The smallest absolute Gasteiger partial charge is 0.326 e. The lowest BCUT2D eigenvalue weighted by Crippen LogP contribution is -2.39. The van der Waals surface area contributed by atoms with E-state index in [2.05, 4.69) is 9.71 Å². The Kier molecular flexibility index (Phi) is 8.12. The average molecular weight is 233 g/mol. The lowest BCUT2D eigenvalue weighted by Gasteiger charge is -2.14. The minimum absolute atomic E-state index is 0.563. The van der Waals surface area contributed by atoms with Crippen LogP contribution in [0.3, 0.4) is 0 Å². The third-order valence-electron chi connectivity index (χ3n) is 1.86. The Morgan fingerprint density at radius 1 is 1.60 bits per heavy atom. The van der Waals surface area contributed by atoms with Gasteiger partial charge in [0.05, 0.1) is 0 Å². The van der Waals surface area contributed by atoms with Crippen LogP contribution < -0.4 is 11.1 Å². The van der Waals surface area contributed by atoms with E-state index in [9.17, 15) is 4.79 Å². The molecule has 0 aromatic rings. The molecule has 0 unspecified atom stereocenters. The molecule has 0 amide bonds. The number of unbranched alkanes of at least 4 members (excludes halogenated alkanes) is 1. The fourth-order valence-electron chi connectivity index (χ4n) is 1.17. The van der Waals surface area contributed by atoms with E-state index in [0.29, 0.717) is 18.8 Å². The van der Waals surface area contributed by atoms with Crippen molar-refractivity contribution in [3.05, 3.63) is 0 Å². The number of nitrogens with zero attached hydrogens (tertiary/aromatic N) is 1. The molecule has 0 bridgehead atoms. The zero-order valence-corrected chi connectivity index (χ0v) is 10.0. The molecule has 15 heavy (non-hydrogen) atoms. The molecule has 4 N–H and O–H groups in total. The topological polar surface area (TPSA) is 87.7 Å². The van der Waals surface area contributed by atoms with Gasteiger partial charge in [0.2, 0.25) is 0 Å². The molecule has 0 rings (SSSR count). The van der Waals surface area contributed by atoms with Crippen molar-refractivity contribution in [1.82, 2.24) is 5.32 Å². The number of amidine groups is 1. The minimum atomic E-state index is -0.845. The molecule has 0 radical (unpaired) electrons. The van der Waals surface area contributed by atoms with Gasteiger partial charge in [-0.05, 0) is 44.7 Å². The van der Waals surface area contributed by atoms with Gasteiger partial charge in [0.25, 0.3) is 0 Å². The summed E-state index contributed by atoms with van der Waals surface area (Å²) in [5.74, 6) is -0.203. The van der Waals surface area contributed by atoms with Gasteiger partial charge in [-0.25, -0.2) is 9.19 Å². The van der Waals surface area contributed by atoms with Crippen LogP contribution in [0.15, 0.2) is 4.40 Å². The van der Waals surface area contributed by atoms with Crippen LogP contribution in [0.4, 0.5) is 0 Å². The summed E-state index contributed by atoms with van der Waals surface area (Å²) in [7, 11) is 0. The highest BCUT2D eigenvalue weighted by atomic mass is 32.2. The van der Waals surface area contributed by atoms with E-state index in [1.165, 1.54) is 11.9 Å². The van der Waals surface area contributed by atoms with E-state index in [0.717, 1.165) is 12.8 Å². The predicted molar refractivity (Wildman–Crippen MR) is 64.1 cm³/mol. The van der Waals surface area contributed by atoms with Gasteiger partial charge in [-0.3, -0.25) is 0 Å². The van der Waals surface area contributed by atoms with Gasteiger partial charge in [-0.2, -0.15) is 0 Å². The fraction of sp³-hybridized carbons (Fsp3) is 0.778. The monoisotopic (exact) mass is 233 g/mol. The molecule has 0 saturated heterocycles. The van der Waals surface area contributed by atoms with Crippen molar-refractivity contribution in [3.8, 4) is 0 Å². The van der Waals surface area contributed by atoms with Crippen molar-refractivity contribution in [1.29, 1.82) is 0 Å². The normalized spacial score (nSPS) is 13.7. The summed E-state index contributed by atoms with van der Waals surface area (Å²) in [5.41, 5.74) is 5.34. The van der Waals surface area contributed by atoms with Crippen LogP contribution in [0.2, 0.25) is 0 Å². The first-order chi connectivity index (χ1) is 7.11. The lowest BCUT2D eigenvalue weighted by molar-refractivity contribution is -0.139. The maximum Gasteiger partial charge on any atom is 0.326 e. The summed E-state index contributed by atoms with van der Waals surface area (Å²) in [6.45, 7) is 2.36. The third-order valence-corrected chi connectivity index (χ3v) is 2.31. The second kappa shape index (κ2) is 8.55. The van der Waals surface area contributed by atoms with E-state index < -0.39 is 12.0 Å². The van der Waals surface area contributed by atoms with Crippen molar-refractivity contribution >= 4 is 23.8 Å². The molecule has 0 heterocycles. The highest BCUT2D eigenvalue weighted by Crippen LogP contribution is 2.02. The SMILES string of the molecule is CS/N=C(\C)N[C@@H](CCCCN)C(=O)O. The molecule has 88 valence electrons. The van der Waals surface area contributed by atoms with Crippen molar-refractivity contribution in [2.45, 2.75) is 32.2 Å². The number of aliphatic carboxylic acids is 1. The maximum absolute atomic E-state index is 10.9. The Morgan fingerprint density at radius 2 is 2.27 bits per heavy atom. The summed E-state index contributed by atoms with van der Waals surface area (Å²) < 4.78 is 4.01. The molecule has 0 aromatic heterocycles. The average Bonchev–Trinajstić information content (AvgIpc) is 2.16. The molecule has 0 aliphatic heterocycles. The molecular formula is C9H19N3O2S. The van der Waals surface area contributed by atoms with Crippen molar-refractivity contribution < 1.29 is 9.90 Å². The number of rotatable bonds is 7. The summed E-state index contributed by atoms with van der Waals surface area (Å²) in [4.78, 5) is 10.9. The second-order valence-electron chi connectivity index (χ2n) is 3.18. The molecule has 0 spiro atoms. The van der Waals surface area contributed by atoms with Gasteiger partial charge in [-0.1, -0.05) is 0 Å². The maximum atomic E-state index is 10.9. The zero-order chi connectivity index (χ0) is 11.7. The van der Waals surface area contributed by atoms with Crippen LogP contribution in [0.5, 0.6) is 0 Å². The first-order valence-electron chi connectivity index (χ1n) is 4.89. The molecule has 1 atom stereocenters. The van der Waals surface area contributed by atoms with Crippen molar-refractivity contribution in [2.24, 2.45) is 10.1 Å². The van der Waals surface area contributed by atoms with Gasteiger partial charge >= 0.3 is 5.97 Å². The molecular weight excluding hydrogens is 214 g/mol. The van der Waals surface area contributed by atoms with Gasteiger partial charge < -0.3 is 16.2 Å². The second-order valence-corrected chi connectivity index (χ2v) is 3.73. The highest BCUT2D eigenvalue weighted by molar-refractivity contribution is 7.97. The molecule has 0 fully saturated rings. The highest BCUT2D eigenvalue weighted by Gasteiger charge is 2.16. The van der Waals surface area contributed by atoms with Crippen LogP contribution in [0.25, 0.3) is 0 Å². The third kappa shape index (κ3) is 7.21. The summed E-state index contributed by atoms with van der Waals surface area (Å²) in [6.07, 6.45) is 4.07. The Hall–Kier alpha value is -0.750. The molecule has 6 heteroatoms. The van der Waals surface area contributed by atoms with E-state index >= 15 is 0 Å². The molecule has 0 aliphatic rings. The number of nitrogens with two attached hydrogens (primary N) is 1. The molecule has 0 aliphatic carbocycles. The minimum Gasteiger partial charge on any atom is -0.480 e. The van der Waals surface area contributed by atoms with Crippen LogP contribution in [0, 0.1) is 0 Å². The summed E-state index contributed by atoms with van der Waals surface area (Å²) in [6, 6.07) is -0.563. The fourth-order valence-corrected chi connectivity index (χ4v) is 1.49. The number of carboxylic acids is 1. The van der Waals surface area contributed by atoms with Crippen LogP contribution >= 0.6 is 11.9 Å². The Balaban J connectivity index is 4.04. The van der Waals surface area contributed by atoms with Gasteiger partial charge in [0, 0.05) is 6.26 Å². The first kappa shape index (κ1) is 14.2. The number of nitrogens with one attached hydrogen (secondary N) is 1. The Labute approximate surface area is 94.7 Å². The predicted octanol–water partition coefficient (Wildman–Crippen LogP) is 0.855. The zero-order valence-electron chi connectivity index (χ0n) is 9.19. The molecule has 5 nitrogen and oxygen atoms in total. The number of carboxylic acid groups (broad SMARTS) is 1. The van der Waals surface area contributed by atoms with Crippen LogP contribution in [0.1, 0.15) is 26.2 Å². The number of carbonyl (C=O) groups is 1. The van der Waals surface area contributed by atoms with E-state index in [1.54, 1.807) is 6.92 Å². The number of hydrogen-bond acceptors (Lipinski definition) is 4. The van der Waals surface area contributed by atoms with E-state index in [4.69, 9.17) is 10.8 Å². The van der Waals surface area contributed by atoms with Gasteiger partial charge in [-0.15, -0.1) is 0 Å². The lowest BCUT2D eigenvalue weighted by atomic mass is 10.1. The van der Waals surface area contributed by atoms with E-state index in [-0.39, 0.29) is 0 Å². The van der Waals surface area contributed by atoms with Crippen LogP contribution in [-0.4, -0.2) is 35.8 Å². The Morgan fingerprint density at radius 3 is 2.73 bits per heavy atom. The Bertz CT molecular complexity index is 221. The molecule has 0 saturated carbocycles. The van der Waals surface area contributed by atoms with Crippen molar-refractivity contribution in [3.63, 3.8) is 0 Å². The molecule has 0 aromatic carbocycles. The van der Waals surface area contributed by atoms with Gasteiger partial charge in [0.1, 0.15) is 11.9 Å². The van der Waals surface area contributed by atoms with Crippen molar-refractivity contribution in [2.75, 3.05) is 12.8 Å². The quantitative estimate of drug-likeness (QED) is 0.263. The summed E-state index contributed by atoms with van der Waals surface area (Å²) in [5, 5.41) is 11.8. The van der Waals surface area contributed by atoms with E-state index in [1.807, 2.05) is 6.26 Å². The number of hydrogen-bond donors (Lipinski definition) is 3. The standard InChI is InChI=1S/C9H19N3O2S/c1-7(12-15-2)11-8(9(13)14)5-3-4-6-10/h8H,3-6,10H2,1-2H3,(H,11,12)(H,13,14)/t8-/m0/s1. The van der Waals surface area contributed by atoms with Gasteiger partial charge in [0.15, 0.2) is 0 Å². The first-order valence-corrected chi connectivity index (χ1v) is 6.07. The largest absolute Gasteiger partial charge is 0.480 e.